The van der Waals surface area contributed by atoms with Crippen molar-refractivity contribution in [3.8, 4) is 34.5 Å². The quantitative estimate of drug-likeness (QED) is 0.0394. The highest BCUT2D eigenvalue weighted by Gasteiger charge is 2.46. The van der Waals surface area contributed by atoms with Gasteiger partial charge in [0.2, 0.25) is 0 Å². The van der Waals surface area contributed by atoms with Gasteiger partial charge in [0.05, 0.1) is 29.9 Å². The summed E-state index contributed by atoms with van der Waals surface area (Å²) in [6.07, 6.45) is 21.5. The van der Waals surface area contributed by atoms with E-state index in [1.807, 2.05) is 60.7 Å². The second-order valence-corrected chi connectivity index (χ2v) is 14.5. The van der Waals surface area contributed by atoms with E-state index in [2.05, 4.69) is 13.8 Å². The molecular weight excluding hydrogens is 705 g/mol. The molecule has 1 unspecified atom stereocenters. The smallest absolute Gasteiger partial charge is 0.182 e. The highest BCUT2D eigenvalue weighted by atomic mass is 16.5. The lowest BCUT2D eigenvalue weighted by molar-refractivity contribution is -0.116. The van der Waals surface area contributed by atoms with Crippen molar-refractivity contribution in [3.05, 3.63) is 112 Å². The zero-order chi connectivity index (χ0) is 39.9. The van der Waals surface area contributed by atoms with Crippen LogP contribution in [0.25, 0.3) is 29.9 Å². The van der Waals surface area contributed by atoms with Gasteiger partial charge in [-0.3, -0.25) is 4.79 Å². The predicted octanol–water partition coefficient (Wildman–Crippen LogP) is 12.0. The SMILES string of the molecule is CCCCCCCCOc1ccc(/C=C/c2cc(O)c(C3=C(O)C(c4c(O)cc(/C=C/c5ccc(OCCCCCCCC)cc5)cc4O)C3=O)c(O)c2)cc1. The lowest BCUT2D eigenvalue weighted by Gasteiger charge is -2.30. The van der Waals surface area contributed by atoms with Gasteiger partial charge in [0.15, 0.2) is 5.78 Å². The molecule has 0 saturated carbocycles. The van der Waals surface area contributed by atoms with Crippen LogP contribution >= 0.6 is 0 Å². The fraction of sp³-hybridized carbons (Fsp3) is 0.354. The minimum absolute atomic E-state index is 0.155. The zero-order valence-corrected chi connectivity index (χ0v) is 32.7. The Morgan fingerprint density at radius 3 is 1.29 bits per heavy atom. The summed E-state index contributed by atoms with van der Waals surface area (Å²) in [6, 6.07) is 20.8. The van der Waals surface area contributed by atoms with Crippen LogP contribution in [0.2, 0.25) is 0 Å². The Bertz CT molecular complexity index is 1940. The van der Waals surface area contributed by atoms with Crippen molar-refractivity contribution < 1.29 is 39.8 Å². The van der Waals surface area contributed by atoms with E-state index in [0.717, 1.165) is 48.3 Å². The number of carbonyl (C=O) groups is 1. The summed E-state index contributed by atoms with van der Waals surface area (Å²) >= 11 is 0. The molecule has 1 aliphatic rings. The van der Waals surface area contributed by atoms with Crippen LogP contribution in [-0.4, -0.2) is 44.5 Å². The third-order valence-corrected chi connectivity index (χ3v) is 10.1. The van der Waals surface area contributed by atoms with Gasteiger partial charge in [-0.1, -0.05) is 127 Å². The molecule has 296 valence electrons. The number of phenolic OH excluding ortho intramolecular Hbond substituents is 4. The zero-order valence-electron chi connectivity index (χ0n) is 32.7. The van der Waals surface area contributed by atoms with Gasteiger partial charge in [0.1, 0.15) is 46.2 Å². The number of allylic oxidation sites excluding steroid dienone is 2. The molecule has 0 radical (unpaired) electrons. The van der Waals surface area contributed by atoms with Gasteiger partial charge < -0.3 is 35.0 Å². The maximum atomic E-state index is 13.4. The number of aliphatic hydroxyl groups excluding tert-OH is 1. The fourth-order valence-electron chi connectivity index (χ4n) is 6.88. The van der Waals surface area contributed by atoms with Crippen molar-refractivity contribution in [2.75, 3.05) is 13.2 Å². The number of benzene rings is 4. The normalized spacial score (nSPS) is 14.2. The average Bonchev–Trinajstić information content (AvgIpc) is 3.19. The van der Waals surface area contributed by atoms with Crippen LogP contribution in [0.15, 0.2) is 78.6 Å². The molecule has 0 fully saturated rings. The number of rotatable bonds is 22. The van der Waals surface area contributed by atoms with Gasteiger partial charge >= 0.3 is 0 Å². The van der Waals surface area contributed by atoms with Gasteiger partial charge in [0.25, 0.3) is 0 Å². The third-order valence-electron chi connectivity index (χ3n) is 10.1. The second kappa shape index (κ2) is 20.9. The van der Waals surface area contributed by atoms with Gasteiger partial charge in [-0.25, -0.2) is 0 Å². The van der Waals surface area contributed by atoms with Crippen LogP contribution in [0.3, 0.4) is 0 Å². The fourth-order valence-corrected chi connectivity index (χ4v) is 6.88. The number of ketones is 1. The van der Waals surface area contributed by atoms with Crippen LogP contribution in [0, 0.1) is 0 Å². The first-order valence-corrected chi connectivity index (χ1v) is 20.1. The molecule has 5 rings (SSSR count). The third kappa shape index (κ3) is 11.2. The van der Waals surface area contributed by atoms with E-state index in [4.69, 9.17) is 9.47 Å². The van der Waals surface area contributed by atoms with E-state index in [1.54, 1.807) is 12.2 Å². The number of carbonyl (C=O) groups excluding carboxylic acids is 1. The Hall–Kier alpha value is -5.63. The van der Waals surface area contributed by atoms with E-state index in [9.17, 15) is 30.3 Å². The van der Waals surface area contributed by atoms with Crippen LogP contribution in [0.4, 0.5) is 0 Å². The number of unbranched alkanes of at least 4 members (excludes halogenated alkanes) is 10. The second-order valence-electron chi connectivity index (χ2n) is 14.5. The monoisotopic (exact) mass is 760 g/mol. The average molecular weight is 761 g/mol. The Kier molecular flexibility index (Phi) is 15.5. The molecule has 1 atom stereocenters. The Labute approximate surface area is 331 Å². The molecule has 0 spiro atoms. The van der Waals surface area contributed by atoms with E-state index in [1.165, 1.54) is 75.6 Å². The van der Waals surface area contributed by atoms with Crippen molar-refractivity contribution in [3.63, 3.8) is 0 Å². The first-order chi connectivity index (χ1) is 27.2. The molecule has 0 saturated heterocycles. The topological polar surface area (TPSA) is 137 Å². The number of hydrogen-bond donors (Lipinski definition) is 5. The lowest BCUT2D eigenvalue weighted by atomic mass is 9.73. The molecule has 4 aromatic rings. The number of phenols is 4. The molecule has 8 nitrogen and oxygen atoms in total. The molecule has 0 amide bonds. The summed E-state index contributed by atoms with van der Waals surface area (Å²) in [4.78, 5) is 13.4. The number of aromatic hydroxyl groups is 4. The molecule has 0 bridgehead atoms. The molecule has 5 N–H and O–H groups in total. The van der Waals surface area contributed by atoms with Gasteiger partial charge in [-0.15, -0.1) is 0 Å². The van der Waals surface area contributed by atoms with Crippen LogP contribution in [0.1, 0.15) is 130 Å². The van der Waals surface area contributed by atoms with E-state index < -0.39 is 29.0 Å². The van der Waals surface area contributed by atoms with Gasteiger partial charge in [-0.2, -0.15) is 0 Å². The summed E-state index contributed by atoms with van der Waals surface area (Å²) in [6.45, 7) is 5.78. The largest absolute Gasteiger partial charge is 0.510 e. The van der Waals surface area contributed by atoms with Gasteiger partial charge in [-0.05, 0) is 83.6 Å². The molecule has 4 aromatic carbocycles. The van der Waals surface area contributed by atoms with Crippen molar-refractivity contribution >= 4 is 35.7 Å². The summed E-state index contributed by atoms with van der Waals surface area (Å²) < 4.78 is 11.7. The van der Waals surface area contributed by atoms with Crippen molar-refractivity contribution in [1.82, 2.24) is 0 Å². The Morgan fingerprint density at radius 1 is 0.500 bits per heavy atom. The number of aliphatic hydroxyl groups is 1. The predicted molar refractivity (Wildman–Crippen MR) is 225 cm³/mol. The lowest BCUT2D eigenvalue weighted by Crippen LogP contribution is -2.28. The molecule has 0 aliphatic heterocycles. The molecule has 0 heterocycles. The van der Waals surface area contributed by atoms with Crippen LogP contribution < -0.4 is 9.47 Å². The summed E-state index contributed by atoms with van der Waals surface area (Å²) in [5.74, 6) is -2.46. The van der Waals surface area contributed by atoms with Crippen molar-refractivity contribution in [2.45, 2.75) is 96.8 Å². The summed E-state index contributed by atoms with van der Waals surface area (Å²) in [7, 11) is 0. The molecule has 8 heteroatoms. The minimum Gasteiger partial charge on any atom is -0.510 e. The maximum Gasteiger partial charge on any atom is 0.182 e. The number of Topliss-reactive ketones (excluding diaryl/α,β-unsaturated/α-hetero) is 1. The van der Waals surface area contributed by atoms with E-state index in [-0.39, 0.29) is 28.2 Å². The molecular formula is C48H56O8. The molecule has 1 aliphatic carbocycles. The van der Waals surface area contributed by atoms with Crippen LogP contribution in [-0.2, 0) is 4.79 Å². The van der Waals surface area contributed by atoms with Crippen LogP contribution in [0.5, 0.6) is 34.5 Å². The number of hydrogen-bond acceptors (Lipinski definition) is 8. The number of ether oxygens (including phenoxy) is 2. The Balaban J connectivity index is 1.18. The summed E-state index contributed by atoms with van der Waals surface area (Å²) in [5.41, 5.74) is 2.08. The summed E-state index contributed by atoms with van der Waals surface area (Å²) in [5, 5.41) is 54.5. The molecule has 56 heavy (non-hydrogen) atoms. The Morgan fingerprint density at radius 2 is 0.875 bits per heavy atom. The van der Waals surface area contributed by atoms with E-state index in [0.29, 0.717) is 24.3 Å². The maximum absolute atomic E-state index is 13.4. The van der Waals surface area contributed by atoms with E-state index >= 15 is 0 Å². The van der Waals surface area contributed by atoms with Gasteiger partial charge in [0, 0.05) is 0 Å². The highest BCUT2D eigenvalue weighted by Crippen LogP contribution is 2.52. The standard InChI is InChI=1S/C48H56O8/c1-3-5-7-9-11-13-27-55-37-23-19-33(20-24-37)15-17-35-29-39(49)43(40(50)30-35)45-47(53)46(48(45)54)44-41(51)31-36(32-42(44)52)18-16-34-21-25-38(26-22-34)56-28-14-12-10-8-6-4-2/h15-26,29-32,45,49-53H,3-14,27-28H2,1-2H3/b17-15+,18-16+. The van der Waals surface area contributed by atoms with Crippen molar-refractivity contribution in [2.24, 2.45) is 0 Å². The minimum atomic E-state index is -1.36. The van der Waals surface area contributed by atoms with Crippen molar-refractivity contribution in [1.29, 1.82) is 0 Å². The first kappa shape index (κ1) is 41.5. The highest BCUT2D eigenvalue weighted by molar-refractivity contribution is 6.33. The first-order valence-electron chi connectivity index (χ1n) is 20.1. The molecule has 0 aromatic heterocycles.